The first kappa shape index (κ1) is 72.4. The number of aliphatic hydroxyl groups is 1. The van der Waals surface area contributed by atoms with Crippen LogP contribution in [0.25, 0.3) is 43.2 Å². The summed E-state index contributed by atoms with van der Waals surface area (Å²) in [5, 5.41) is 21.1. The Hall–Kier alpha value is -8.30. The zero-order valence-corrected chi connectivity index (χ0v) is 56.6. The number of nitrogens with zero attached hydrogens (tertiary/aromatic N) is 6. The van der Waals surface area contributed by atoms with E-state index in [0.717, 1.165) is 16.8 Å². The minimum Gasteiger partial charge on any atom is -0.471 e. The molecule has 3 saturated heterocycles. The lowest BCUT2D eigenvalue weighted by molar-refractivity contribution is -0.144. The molecule has 4 saturated carbocycles. The number of nitrogens with one attached hydrogen (secondary N) is 5. The summed E-state index contributed by atoms with van der Waals surface area (Å²) in [5.74, 6) is -4.90. The third-order valence-corrected chi connectivity index (χ3v) is 23.3. The molecule has 2 aromatic carbocycles. The fourth-order valence-corrected chi connectivity index (χ4v) is 16.1. The SMILES string of the molecule is C.C=C[C@@H]1C[C@]1(NC(=O)[C@@H]1C[C@@H](Oc2nc3ccccc3nc2-c2cccs2)CN1C(=O)[C@@H](N)C(C)(C)O)C(=O)NS(=O)(=O)C1CC1.C=C[C@@H]1C[C@]1(NC(=O)[C@@H]1C[C@@H](Oc2nc3ccccc3nc2-c2cccs2)CN1C(=O)[C@H]1NC(=O)OC1(C)C)C(=O)NS(=O)(=O)C1CC1.[B][B][B]. The Bertz CT molecular complexity index is 4330. The van der Waals surface area contributed by atoms with Gasteiger partial charge in [0.15, 0.2) is 6.04 Å². The number of cyclic esters (lactones) is 1. The maximum absolute atomic E-state index is 14.1. The summed E-state index contributed by atoms with van der Waals surface area (Å²) in [7, 11) is 2.24. The van der Waals surface area contributed by atoms with Crippen molar-refractivity contribution in [1.29, 1.82) is 0 Å². The number of sulfonamides is 2. The lowest BCUT2D eigenvalue weighted by Gasteiger charge is -2.32. The topological polar surface area (TPSA) is 380 Å². The van der Waals surface area contributed by atoms with Crippen LogP contribution in [0.3, 0.4) is 0 Å². The maximum Gasteiger partial charge on any atom is 0.408 e. The van der Waals surface area contributed by atoms with Crippen molar-refractivity contribution in [1.82, 2.24) is 55.1 Å². The number of carbonyl (C=O) groups excluding carboxylic acids is 7. The van der Waals surface area contributed by atoms with E-state index in [0.29, 0.717) is 59.1 Å². The van der Waals surface area contributed by atoms with Gasteiger partial charge in [0.2, 0.25) is 55.4 Å². The predicted molar refractivity (Wildman–Crippen MR) is 369 cm³/mol. The van der Waals surface area contributed by atoms with Crippen LogP contribution in [-0.2, 0) is 53.6 Å². The summed E-state index contributed by atoms with van der Waals surface area (Å²) in [6, 6.07) is 17.4. The Morgan fingerprint density at radius 1 is 0.714 bits per heavy atom. The highest BCUT2D eigenvalue weighted by atomic mass is 32.2. The molecular weight excluding hydrogens is 1340 g/mol. The average Bonchev–Trinajstić information content (AvgIpc) is 1.57. The Kier molecular flexibility index (Phi) is 20.8. The van der Waals surface area contributed by atoms with Crippen LogP contribution in [0.2, 0.25) is 0 Å². The molecule has 27 nitrogen and oxygen atoms in total. The van der Waals surface area contributed by atoms with Gasteiger partial charge in [-0.15, -0.1) is 35.8 Å². The summed E-state index contributed by atoms with van der Waals surface area (Å²) in [5.41, 5.74) is 3.78. The van der Waals surface area contributed by atoms with Gasteiger partial charge in [-0.3, -0.25) is 38.2 Å². The van der Waals surface area contributed by atoms with E-state index < -0.39 is 143 Å². The van der Waals surface area contributed by atoms with Crippen molar-refractivity contribution in [2.24, 2.45) is 17.6 Å². The van der Waals surface area contributed by atoms with Crippen LogP contribution in [0, 0.1) is 11.8 Å². The first-order valence-electron chi connectivity index (χ1n) is 31.3. The molecule has 6 aromatic rings. The van der Waals surface area contributed by atoms with Crippen molar-refractivity contribution < 1.29 is 69.7 Å². The highest BCUT2D eigenvalue weighted by Crippen LogP contribution is 2.47. The Morgan fingerprint density at radius 3 is 1.46 bits per heavy atom. The maximum atomic E-state index is 14.1. The zero-order chi connectivity index (χ0) is 69.7. The molecule has 7 amide bonds. The van der Waals surface area contributed by atoms with Crippen LogP contribution < -0.4 is 40.6 Å². The van der Waals surface area contributed by atoms with Crippen LogP contribution in [0.1, 0.15) is 86.5 Å². The Labute approximate surface area is 578 Å². The highest BCUT2D eigenvalue weighted by molar-refractivity contribution is 7.91. The van der Waals surface area contributed by atoms with Gasteiger partial charge in [0.05, 0.1) is 61.0 Å². The lowest BCUT2D eigenvalue weighted by atomic mass is 9.40. The van der Waals surface area contributed by atoms with E-state index in [4.69, 9.17) is 39.9 Å². The molecule has 98 heavy (non-hydrogen) atoms. The van der Waals surface area contributed by atoms with E-state index in [1.54, 1.807) is 26.0 Å². The second kappa shape index (κ2) is 28.1. The summed E-state index contributed by atoms with van der Waals surface area (Å²) in [6.07, 6.45) is 2.88. The van der Waals surface area contributed by atoms with Crippen molar-refractivity contribution in [2.75, 3.05) is 13.1 Å². The number of rotatable bonds is 21. The molecule has 4 aliphatic carbocycles. The fraction of sp³-hybridized carbons (Fsp3) is 0.453. The van der Waals surface area contributed by atoms with Crippen LogP contribution in [0.15, 0.2) is 109 Å². The molecule has 7 fully saturated rings. The lowest BCUT2D eigenvalue weighted by Crippen LogP contribution is -2.60. The van der Waals surface area contributed by atoms with Gasteiger partial charge < -0.3 is 50.8 Å². The van der Waals surface area contributed by atoms with Gasteiger partial charge in [-0.2, -0.15) is 0 Å². The van der Waals surface area contributed by atoms with Gasteiger partial charge in [-0.25, -0.2) is 41.6 Å². The normalized spacial score (nSPS) is 25.4. The van der Waals surface area contributed by atoms with E-state index in [1.807, 2.05) is 71.4 Å². The minimum atomic E-state index is -3.89. The molecule has 8 N–H and O–H groups in total. The minimum absolute atomic E-state index is 0. The Morgan fingerprint density at radius 2 is 1.11 bits per heavy atom. The molecule has 7 aliphatic rings. The fourth-order valence-electron chi connectivity index (χ4n) is 12.0. The van der Waals surface area contributed by atoms with E-state index >= 15 is 0 Å². The number of likely N-dealkylation sites (tertiary alicyclic amines) is 2. The molecule has 34 heteroatoms. The molecule has 0 unspecified atom stereocenters. The number of benzene rings is 2. The van der Waals surface area contributed by atoms with Gasteiger partial charge in [-0.05, 0) is 113 Å². The van der Waals surface area contributed by atoms with Crippen LogP contribution >= 0.6 is 22.7 Å². The number of fused-ring (bicyclic) bond motifs is 2. The predicted octanol–water partition coefficient (Wildman–Crippen LogP) is 3.23. The number of hydrogen-bond donors (Lipinski definition) is 7. The van der Waals surface area contributed by atoms with Gasteiger partial charge in [-0.1, -0.05) is 56.0 Å². The van der Waals surface area contributed by atoms with Gasteiger partial charge >= 0.3 is 6.09 Å². The van der Waals surface area contributed by atoms with E-state index in [1.165, 1.54) is 58.5 Å². The number of amides is 7. The zero-order valence-electron chi connectivity index (χ0n) is 53.3. The standard InChI is InChI=1S/C32H34N6O8S2.C31H36N6O7S2.CH4.B3/c1-4-17-15-32(17,29(41)37-48(43,44)19-11-12-19)36-26(39)22-14-18(16-38(22)28(40)25-31(2,3)46-30(42)35-25)45-27-24(23-10-7-13-47-23)33-20-8-5-6-9-21(20)34-27;1-4-17-15-31(17,29(40)36-46(42,43)19-11-12-19)35-26(38)22-14-18(16-37(22)28(39)25(32)30(2,3)41)44-27-24(23-10-7-13-45-23)33-20-8-5-6-9-21(20)34-27;;1-3-2/h4-10,13,17-19,22,25H,1,11-12,14-16H2,2-3H3,(H,35,42)(H,36,39)(H,37,41);4-10,13,17-19,22,25,41H,1,11-12,14-16,32H2,2-3H3,(H,35,38)(H,36,40);1H4;/t17-,18-,22+,25-,32-;17-,18-,22+,25-,31-;;/m11../s1. The molecule has 513 valence electrons. The van der Waals surface area contributed by atoms with E-state index in [-0.39, 0.29) is 58.0 Å². The highest BCUT2D eigenvalue weighted by Gasteiger charge is 2.64. The molecule has 4 aromatic heterocycles. The van der Waals surface area contributed by atoms with Crippen molar-refractivity contribution in [2.45, 2.75) is 156 Å². The van der Waals surface area contributed by atoms with E-state index in [9.17, 15) is 55.5 Å². The van der Waals surface area contributed by atoms with Crippen LogP contribution in [-0.4, -0.2) is 198 Å². The van der Waals surface area contributed by atoms with Crippen molar-refractivity contribution in [3.63, 3.8) is 0 Å². The van der Waals surface area contributed by atoms with Gasteiger partial charge in [0, 0.05) is 47.2 Å². The largest absolute Gasteiger partial charge is 0.471 e. The monoisotopic (exact) mass is 1410 g/mol. The van der Waals surface area contributed by atoms with E-state index in [2.05, 4.69) is 54.0 Å². The molecule has 10 atom stereocenters. The number of para-hydroxylation sites is 4. The van der Waals surface area contributed by atoms with Gasteiger partial charge in [0.1, 0.15) is 58.4 Å². The number of hydrogen-bond acceptors (Lipinski definition) is 22. The number of ether oxygens (including phenoxy) is 3. The quantitative estimate of drug-likeness (QED) is 0.0402. The molecule has 13 rings (SSSR count). The van der Waals surface area contributed by atoms with Crippen molar-refractivity contribution >= 4 is 129 Å². The van der Waals surface area contributed by atoms with Crippen molar-refractivity contribution in [3.8, 4) is 32.9 Å². The third-order valence-electron chi connectivity index (χ3n) is 17.9. The van der Waals surface area contributed by atoms with Crippen LogP contribution in [0.4, 0.5) is 4.79 Å². The Balaban J connectivity index is 0.000000203. The van der Waals surface area contributed by atoms with Gasteiger partial charge in [0.25, 0.3) is 11.8 Å². The second-order valence-corrected chi connectivity index (χ2v) is 31.7. The molecular formula is C64H74B3N12O15S4. The number of aromatic nitrogens is 4. The number of alkyl carbamates (subject to hydrolysis) is 1. The van der Waals surface area contributed by atoms with Crippen molar-refractivity contribution in [3.05, 3.63) is 109 Å². The second-order valence-electron chi connectivity index (χ2n) is 25.9. The molecule has 5 radical (unpaired) electrons. The molecule has 3 aliphatic heterocycles. The summed E-state index contributed by atoms with van der Waals surface area (Å²) >= 11 is 2.92. The average molecular weight is 1410 g/mol. The first-order chi connectivity index (χ1) is 46.0. The number of nitrogens with two attached hydrogens (primary N) is 1. The molecule has 7 heterocycles. The summed E-state index contributed by atoms with van der Waals surface area (Å²) in [4.78, 5) is 118. The van der Waals surface area contributed by atoms with Crippen LogP contribution in [0.5, 0.6) is 11.8 Å². The number of thiophene rings is 2. The first-order valence-corrected chi connectivity index (χ1v) is 36.1. The molecule has 0 spiro atoms. The summed E-state index contributed by atoms with van der Waals surface area (Å²) in [6.45, 7) is 13.3. The smallest absolute Gasteiger partial charge is 0.408 e. The number of carbonyl (C=O) groups is 7. The third kappa shape index (κ3) is 15.1. The molecule has 0 bridgehead atoms. The summed E-state index contributed by atoms with van der Waals surface area (Å²) < 4.78 is 72.7.